The second-order valence-electron chi connectivity index (χ2n) is 6.28. The number of hydrogen-bond donors (Lipinski definition) is 2. The summed E-state index contributed by atoms with van der Waals surface area (Å²) in [4.78, 5) is 12.6. The first kappa shape index (κ1) is 17.1. The highest BCUT2D eigenvalue weighted by atomic mass is 16.5. The quantitative estimate of drug-likeness (QED) is 0.788. The van der Waals surface area contributed by atoms with E-state index in [-0.39, 0.29) is 17.7 Å². The molecule has 0 aromatic heterocycles. The third-order valence-corrected chi connectivity index (χ3v) is 4.24. The maximum Gasteiger partial charge on any atom is 0.251 e. The minimum atomic E-state index is -0.177. The fraction of sp³-hybridized carbons (Fsp3) is 0.286. The van der Waals surface area contributed by atoms with E-state index >= 15 is 0 Å². The summed E-state index contributed by atoms with van der Waals surface area (Å²) < 4.78 is 5.73. The smallest absolute Gasteiger partial charge is 0.251 e. The van der Waals surface area contributed by atoms with Crippen molar-refractivity contribution < 1.29 is 14.6 Å². The Morgan fingerprint density at radius 1 is 1.00 bits per heavy atom. The van der Waals surface area contributed by atoms with Crippen molar-refractivity contribution in [2.75, 3.05) is 0 Å². The second-order valence-corrected chi connectivity index (χ2v) is 6.28. The Bertz CT molecular complexity index is 740. The lowest BCUT2D eigenvalue weighted by molar-refractivity contribution is 0.0931. The number of carbonyl (C=O) groups excluding carboxylic acids is 1. The van der Waals surface area contributed by atoms with E-state index in [0.29, 0.717) is 17.1 Å². The molecule has 0 radical (unpaired) electrons. The lowest BCUT2D eigenvalue weighted by Crippen LogP contribution is -2.35. The molecule has 0 heterocycles. The van der Waals surface area contributed by atoms with Gasteiger partial charge in [-0.3, -0.25) is 4.79 Å². The van der Waals surface area contributed by atoms with Gasteiger partial charge in [0.05, 0.1) is 0 Å². The molecule has 1 amide bonds. The van der Waals surface area contributed by atoms with Crippen molar-refractivity contribution in [3.63, 3.8) is 0 Å². The van der Waals surface area contributed by atoms with Crippen LogP contribution in [0, 0.1) is 0 Å². The van der Waals surface area contributed by atoms with Crippen LogP contribution in [-0.4, -0.2) is 17.1 Å². The lowest BCUT2D eigenvalue weighted by Gasteiger charge is -2.19. The van der Waals surface area contributed by atoms with Gasteiger partial charge in [0.2, 0.25) is 0 Å². The van der Waals surface area contributed by atoms with Crippen molar-refractivity contribution in [1.82, 2.24) is 5.32 Å². The van der Waals surface area contributed by atoms with Gasteiger partial charge in [-0.1, -0.05) is 30.4 Å². The first-order valence-electron chi connectivity index (χ1n) is 8.73. The molecule has 1 atom stereocenters. The molecule has 1 aliphatic rings. The summed E-state index contributed by atoms with van der Waals surface area (Å²) in [6, 6.07) is 14.1. The predicted molar refractivity (Wildman–Crippen MR) is 98.1 cm³/mol. The van der Waals surface area contributed by atoms with Crippen molar-refractivity contribution in [1.29, 1.82) is 0 Å². The average Bonchev–Trinajstić information content (AvgIpc) is 2.57. The highest BCUT2D eigenvalue weighted by molar-refractivity contribution is 5.95. The van der Waals surface area contributed by atoms with Gasteiger partial charge >= 0.3 is 0 Å². The molecule has 0 bridgehead atoms. The van der Waals surface area contributed by atoms with Crippen LogP contribution in [0.2, 0.25) is 0 Å². The van der Waals surface area contributed by atoms with Crippen LogP contribution in [0.25, 0.3) is 0 Å². The molecular weight excluding hydrogens is 314 g/mol. The van der Waals surface area contributed by atoms with E-state index in [1.807, 2.05) is 30.3 Å². The van der Waals surface area contributed by atoms with Crippen LogP contribution in [-0.2, 0) is 0 Å². The maximum atomic E-state index is 12.6. The highest BCUT2D eigenvalue weighted by Crippen LogP contribution is 2.27. The van der Waals surface area contributed by atoms with Crippen LogP contribution >= 0.6 is 0 Å². The van der Waals surface area contributed by atoms with Crippen LogP contribution in [0.15, 0.2) is 60.7 Å². The van der Waals surface area contributed by atoms with E-state index in [4.69, 9.17) is 4.74 Å². The van der Waals surface area contributed by atoms with Gasteiger partial charge in [0.15, 0.2) is 0 Å². The summed E-state index contributed by atoms with van der Waals surface area (Å²) >= 11 is 0. The zero-order chi connectivity index (χ0) is 17.5. The summed E-state index contributed by atoms with van der Waals surface area (Å²) in [7, 11) is 0. The van der Waals surface area contributed by atoms with Gasteiger partial charge in [-0.15, -0.1) is 0 Å². The molecule has 1 unspecified atom stereocenters. The Hall–Kier alpha value is -2.75. The summed E-state index contributed by atoms with van der Waals surface area (Å²) in [5.74, 6) is 0.936. The summed E-state index contributed by atoms with van der Waals surface area (Å²) in [5.41, 5.74) is 0.406. The minimum Gasteiger partial charge on any atom is -0.508 e. The Labute approximate surface area is 148 Å². The SMILES string of the molecule is O=C(NC1CC/C=C\CCC1)c1cc(O)cc(Oc2ccccc2)c1. The molecule has 0 saturated carbocycles. The van der Waals surface area contributed by atoms with Crippen molar-refractivity contribution in [2.45, 2.75) is 38.1 Å². The molecule has 0 aliphatic heterocycles. The largest absolute Gasteiger partial charge is 0.508 e. The fourth-order valence-electron chi connectivity index (χ4n) is 2.97. The van der Waals surface area contributed by atoms with E-state index in [9.17, 15) is 9.90 Å². The number of allylic oxidation sites excluding steroid dienone is 2. The molecule has 130 valence electrons. The van der Waals surface area contributed by atoms with Crippen molar-refractivity contribution in [3.8, 4) is 17.2 Å². The minimum absolute atomic E-state index is 0.0131. The van der Waals surface area contributed by atoms with Crippen LogP contribution in [0.3, 0.4) is 0 Å². The molecule has 1 aliphatic carbocycles. The first-order valence-corrected chi connectivity index (χ1v) is 8.73. The number of amides is 1. The number of phenols is 1. The topological polar surface area (TPSA) is 58.6 Å². The van der Waals surface area contributed by atoms with Gasteiger partial charge in [0.1, 0.15) is 17.2 Å². The number of ether oxygens (including phenoxy) is 1. The Kier molecular flexibility index (Phi) is 5.73. The third kappa shape index (κ3) is 5.11. The Balaban J connectivity index is 1.70. The van der Waals surface area contributed by atoms with Gasteiger partial charge < -0.3 is 15.2 Å². The molecule has 2 aromatic carbocycles. The van der Waals surface area contributed by atoms with E-state index in [2.05, 4.69) is 17.5 Å². The summed E-state index contributed by atoms with van der Waals surface area (Å²) in [6.07, 6.45) is 9.42. The molecule has 0 spiro atoms. The molecule has 3 rings (SSSR count). The van der Waals surface area contributed by atoms with Crippen LogP contribution in [0.1, 0.15) is 42.5 Å². The monoisotopic (exact) mass is 337 g/mol. The fourth-order valence-corrected chi connectivity index (χ4v) is 2.97. The summed E-state index contributed by atoms with van der Waals surface area (Å²) in [6.45, 7) is 0. The molecule has 2 N–H and O–H groups in total. The van der Waals surface area contributed by atoms with Gasteiger partial charge in [0, 0.05) is 17.7 Å². The number of para-hydroxylation sites is 1. The van der Waals surface area contributed by atoms with Crippen LogP contribution < -0.4 is 10.1 Å². The number of carbonyl (C=O) groups is 1. The lowest BCUT2D eigenvalue weighted by atomic mass is 10.0. The average molecular weight is 337 g/mol. The second kappa shape index (κ2) is 8.38. The van der Waals surface area contributed by atoms with Crippen molar-refractivity contribution in [2.24, 2.45) is 0 Å². The van der Waals surface area contributed by atoms with Crippen molar-refractivity contribution >= 4 is 5.91 Å². The molecular formula is C21H23NO3. The number of benzene rings is 2. The Morgan fingerprint density at radius 3 is 2.64 bits per heavy atom. The van der Waals surface area contributed by atoms with Crippen LogP contribution in [0.5, 0.6) is 17.2 Å². The van der Waals surface area contributed by atoms with Gasteiger partial charge in [0.25, 0.3) is 5.91 Å². The third-order valence-electron chi connectivity index (χ3n) is 4.24. The van der Waals surface area contributed by atoms with Gasteiger partial charge in [-0.2, -0.15) is 0 Å². The molecule has 2 aromatic rings. The summed E-state index contributed by atoms with van der Waals surface area (Å²) in [5, 5.41) is 13.0. The number of aromatic hydroxyl groups is 1. The van der Waals surface area contributed by atoms with E-state index in [0.717, 1.165) is 32.1 Å². The number of phenolic OH excluding ortho intramolecular Hbond substituents is 1. The zero-order valence-electron chi connectivity index (χ0n) is 14.2. The number of hydrogen-bond acceptors (Lipinski definition) is 3. The predicted octanol–water partition coefficient (Wildman–Crippen LogP) is 4.80. The number of nitrogens with one attached hydrogen (secondary N) is 1. The zero-order valence-corrected chi connectivity index (χ0v) is 14.2. The molecule has 4 heteroatoms. The molecule has 4 nitrogen and oxygen atoms in total. The standard InChI is InChI=1S/C21H23NO3/c23-18-13-16(14-20(15-18)25-19-11-7-4-8-12-19)21(24)22-17-9-5-2-1-3-6-10-17/h1-2,4,7-8,11-15,17,23H,3,5-6,9-10H2,(H,22,24)/b2-1-. The maximum absolute atomic E-state index is 12.6. The number of rotatable bonds is 4. The molecule has 0 fully saturated rings. The van der Waals surface area contributed by atoms with E-state index in [1.54, 1.807) is 6.07 Å². The molecule has 0 saturated heterocycles. The first-order chi connectivity index (χ1) is 12.2. The molecule has 25 heavy (non-hydrogen) atoms. The normalized spacial score (nSPS) is 18.6. The van der Waals surface area contributed by atoms with E-state index in [1.165, 1.54) is 12.1 Å². The van der Waals surface area contributed by atoms with E-state index < -0.39 is 0 Å². The Morgan fingerprint density at radius 2 is 1.80 bits per heavy atom. The van der Waals surface area contributed by atoms with Crippen LogP contribution in [0.4, 0.5) is 0 Å². The van der Waals surface area contributed by atoms with Crippen molar-refractivity contribution in [3.05, 3.63) is 66.2 Å². The van der Waals surface area contributed by atoms with Gasteiger partial charge in [-0.25, -0.2) is 0 Å². The van der Waals surface area contributed by atoms with Gasteiger partial charge in [-0.05, 0) is 56.4 Å². The highest BCUT2D eigenvalue weighted by Gasteiger charge is 2.15.